The van der Waals surface area contributed by atoms with E-state index < -0.39 is 21.2 Å². The Morgan fingerprint density at radius 3 is 2.39 bits per heavy atom. The van der Waals surface area contributed by atoms with Gasteiger partial charge in [-0.05, 0) is 25.5 Å². The monoisotopic (exact) mass is 513 g/mol. The molecule has 13 heteroatoms. The van der Waals surface area contributed by atoms with E-state index in [0.29, 0.717) is 54.0 Å². The summed E-state index contributed by atoms with van der Waals surface area (Å²) in [4.78, 5) is 8.30. The van der Waals surface area contributed by atoms with Gasteiger partial charge in [-0.3, -0.25) is 9.29 Å². The molecule has 0 radical (unpaired) electrons. The van der Waals surface area contributed by atoms with Gasteiger partial charge in [0.25, 0.3) is 0 Å². The summed E-state index contributed by atoms with van der Waals surface area (Å²) in [6, 6.07) is 7.22. The van der Waals surface area contributed by atoms with Gasteiger partial charge in [-0.2, -0.15) is 5.26 Å². The molecular weight excluding hydrogens is 486 g/mol. The van der Waals surface area contributed by atoms with Gasteiger partial charge in [-0.1, -0.05) is 13.0 Å². The molecular formula is C23H27N7O5S. The van der Waals surface area contributed by atoms with Crippen molar-refractivity contribution in [3.05, 3.63) is 47.8 Å². The number of anilines is 1. The Labute approximate surface area is 209 Å². The topological polar surface area (TPSA) is 154 Å². The van der Waals surface area contributed by atoms with Crippen LogP contribution in [0.1, 0.15) is 49.3 Å². The quantitative estimate of drug-likeness (QED) is 0.451. The number of aromatic nitrogens is 5. The van der Waals surface area contributed by atoms with Gasteiger partial charge in [0.15, 0.2) is 0 Å². The van der Waals surface area contributed by atoms with Gasteiger partial charge in [0.1, 0.15) is 34.9 Å². The lowest BCUT2D eigenvalue weighted by atomic mass is 10.1. The lowest BCUT2D eigenvalue weighted by Gasteiger charge is -2.22. The third-order valence-corrected chi connectivity index (χ3v) is 8.10. The largest absolute Gasteiger partial charge is 0.494 e. The van der Waals surface area contributed by atoms with Crippen LogP contribution in [0.2, 0.25) is 0 Å². The van der Waals surface area contributed by atoms with Crippen LogP contribution in [0.5, 0.6) is 11.5 Å². The van der Waals surface area contributed by atoms with Crippen molar-refractivity contribution in [2.45, 2.75) is 37.4 Å². The predicted octanol–water partition coefficient (Wildman–Crippen LogP) is 2.38. The molecule has 0 aliphatic carbocycles. The summed E-state index contributed by atoms with van der Waals surface area (Å²) in [5.41, 5.74) is 0.769. The number of ether oxygens (including phenoxy) is 3. The summed E-state index contributed by atoms with van der Waals surface area (Å²) >= 11 is 0. The Kier molecular flexibility index (Phi) is 7.37. The number of hydrogen-bond acceptors (Lipinski definition) is 10. The first-order valence-corrected chi connectivity index (χ1v) is 12.8. The maximum Gasteiger partial charge on any atom is 0.243 e. The third-order valence-electron chi connectivity index (χ3n) is 6.24. The minimum Gasteiger partial charge on any atom is -0.494 e. The average Bonchev–Trinajstić information content (AvgIpc) is 3.57. The van der Waals surface area contributed by atoms with Gasteiger partial charge in [0.05, 0.1) is 31.6 Å². The Bertz CT molecular complexity index is 1340. The molecule has 3 atom stereocenters. The van der Waals surface area contributed by atoms with E-state index in [-0.39, 0.29) is 11.9 Å². The Morgan fingerprint density at radius 2 is 1.83 bits per heavy atom. The highest BCUT2D eigenvalue weighted by Crippen LogP contribution is 2.38. The first-order valence-electron chi connectivity index (χ1n) is 11.3. The number of nitriles is 1. The zero-order valence-electron chi connectivity index (χ0n) is 20.4. The van der Waals surface area contributed by atoms with Crippen molar-refractivity contribution >= 4 is 16.0 Å². The average molecular weight is 514 g/mol. The van der Waals surface area contributed by atoms with Gasteiger partial charge < -0.3 is 14.2 Å². The zero-order chi connectivity index (χ0) is 25.9. The number of para-hydroxylation sites is 1. The number of methoxy groups -OCH3 is 2. The zero-order valence-corrected chi connectivity index (χ0v) is 21.2. The molecule has 190 valence electrons. The van der Waals surface area contributed by atoms with Gasteiger partial charge >= 0.3 is 0 Å². The lowest BCUT2D eigenvalue weighted by Crippen LogP contribution is -2.31. The maximum absolute atomic E-state index is 13.5. The maximum atomic E-state index is 13.5. The van der Waals surface area contributed by atoms with Crippen LogP contribution in [0.3, 0.4) is 0 Å². The Hall–Kier alpha value is -3.76. The summed E-state index contributed by atoms with van der Waals surface area (Å²) in [7, 11) is -0.947. The van der Waals surface area contributed by atoms with E-state index in [0.717, 1.165) is 0 Å². The Morgan fingerprint density at radius 1 is 1.17 bits per heavy atom. The van der Waals surface area contributed by atoms with Crippen LogP contribution in [0.4, 0.5) is 5.95 Å². The fraction of sp³-hybridized carbons (Fsp3) is 0.435. The van der Waals surface area contributed by atoms with Crippen molar-refractivity contribution in [1.29, 1.82) is 5.26 Å². The molecule has 0 bridgehead atoms. The van der Waals surface area contributed by atoms with E-state index in [2.05, 4.69) is 24.9 Å². The standard InChI is InChI=1S/C23H27N7O5S/c1-14(21-25-11-16(10-24)12-26-21)15(2)36(31,32)29-23-28-27-22(17-8-9-35-13-17)30(23)20-18(33-3)6-5-7-19(20)34-4/h5-7,11-12,14-15,17H,8-9,13H2,1-4H3,(H,28,29)/t14-,15-,17-/m0/s1. The van der Waals surface area contributed by atoms with Crippen molar-refractivity contribution < 1.29 is 22.6 Å². The van der Waals surface area contributed by atoms with Crippen molar-refractivity contribution in [2.24, 2.45) is 0 Å². The molecule has 2 aromatic heterocycles. The number of nitrogens with one attached hydrogen (secondary N) is 1. The lowest BCUT2D eigenvalue weighted by molar-refractivity contribution is 0.193. The van der Waals surface area contributed by atoms with Crippen molar-refractivity contribution in [3.8, 4) is 23.3 Å². The van der Waals surface area contributed by atoms with E-state index >= 15 is 0 Å². The molecule has 3 aromatic rings. The second-order valence-electron chi connectivity index (χ2n) is 8.37. The number of benzene rings is 1. The summed E-state index contributed by atoms with van der Waals surface area (Å²) in [6.07, 6.45) is 3.45. The van der Waals surface area contributed by atoms with E-state index in [1.165, 1.54) is 26.6 Å². The highest BCUT2D eigenvalue weighted by atomic mass is 32.2. The van der Waals surface area contributed by atoms with Crippen LogP contribution in [-0.2, 0) is 14.8 Å². The second-order valence-corrected chi connectivity index (χ2v) is 10.4. The second kappa shape index (κ2) is 10.5. The van der Waals surface area contributed by atoms with Crippen LogP contribution < -0.4 is 14.2 Å². The molecule has 4 rings (SSSR count). The van der Waals surface area contributed by atoms with Crippen molar-refractivity contribution in [3.63, 3.8) is 0 Å². The van der Waals surface area contributed by atoms with E-state index in [9.17, 15) is 8.42 Å². The Balaban J connectivity index is 1.75. The van der Waals surface area contributed by atoms with Crippen molar-refractivity contribution in [1.82, 2.24) is 24.7 Å². The van der Waals surface area contributed by atoms with Crippen LogP contribution in [-0.4, -0.2) is 65.8 Å². The molecule has 1 aromatic carbocycles. The molecule has 1 aliphatic rings. The van der Waals surface area contributed by atoms with Gasteiger partial charge in [0.2, 0.25) is 16.0 Å². The minimum absolute atomic E-state index is 0.000466. The third kappa shape index (κ3) is 4.82. The molecule has 1 fully saturated rings. The minimum atomic E-state index is -3.99. The fourth-order valence-corrected chi connectivity index (χ4v) is 5.20. The molecule has 1 aliphatic heterocycles. The smallest absolute Gasteiger partial charge is 0.243 e. The highest BCUT2D eigenvalue weighted by molar-refractivity contribution is 7.93. The number of rotatable bonds is 9. The summed E-state index contributed by atoms with van der Waals surface area (Å²) in [5, 5.41) is 16.6. The van der Waals surface area contributed by atoms with Crippen molar-refractivity contribution in [2.75, 3.05) is 32.2 Å². The molecule has 3 heterocycles. The first-order chi connectivity index (χ1) is 17.3. The van der Waals surface area contributed by atoms with Gasteiger partial charge in [-0.25, -0.2) is 18.4 Å². The normalized spacial score (nSPS) is 17.2. The van der Waals surface area contributed by atoms with Crippen LogP contribution in [0.15, 0.2) is 30.6 Å². The van der Waals surface area contributed by atoms with E-state index in [1.807, 2.05) is 6.07 Å². The summed E-state index contributed by atoms with van der Waals surface area (Å²) < 4.78 is 47.9. The molecule has 0 unspecified atom stereocenters. The fourth-order valence-electron chi connectivity index (χ4n) is 3.97. The molecule has 0 spiro atoms. The SMILES string of the molecule is COc1cccc(OC)c1-n1c(NS(=O)(=O)[C@@H](C)[C@H](C)c2ncc(C#N)cn2)nnc1[C@H]1CCOC1. The first kappa shape index (κ1) is 25.3. The number of hydrogen-bond donors (Lipinski definition) is 1. The molecule has 36 heavy (non-hydrogen) atoms. The number of sulfonamides is 1. The molecule has 1 saturated heterocycles. The molecule has 1 N–H and O–H groups in total. The predicted molar refractivity (Wildman–Crippen MR) is 130 cm³/mol. The molecule has 0 saturated carbocycles. The highest BCUT2D eigenvalue weighted by Gasteiger charge is 2.34. The summed E-state index contributed by atoms with van der Waals surface area (Å²) in [6.45, 7) is 4.28. The summed E-state index contributed by atoms with van der Waals surface area (Å²) in [5.74, 6) is 1.10. The van der Waals surface area contributed by atoms with E-state index in [4.69, 9.17) is 19.5 Å². The van der Waals surface area contributed by atoms with Crippen LogP contribution in [0.25, 0.3) is 5.69 Å². The van der Waals surface area contributed by atoms with E-state index in [1.54, 1.807) is 36.6 Å². The van der Waals surface area contributed by atoms with Gasteiger partial charge in [0, 0.05) is 30.8 Å². The van der Waals surface area contributed by atoms with Crippen LogP contribution in [0, 0.1) is 11.3 Å². The number of nitrogens with zero attached hydrogens (tertiary/aromatic N) is 6. The van der Waals surface area contributed by atoms with Crippen LogP contribution >= 0.6 is 0 Å². The molecule has 0 amide bonds. The van der Waals surface area contributed by atoms with Gasteiger partial charge in [-0.15, -0.1) is 10.2 Å². The molecule has 12 nitrogen and oxygen atoms in total.